The number of hydrogen-bond donors (Lipinski definition) is 1. The van der Waals surface area contributed by atoms with E-state index in [-0.39, 0.29) is 5.91 Å². The molecule has 27 heavy (non-hydrogen) atoms. The van der Waals surface area contributed by atoms with Crippen molar-refractivity contribution in [2.75, 3.05) is 49.5 Å². The van der Waals surface area contributed by atoms with Crippen molar-refractivity contribution in [3.8, 4) is 5.75 Å². The summed E-state index contributed by atoms with van der Waals surface area (Å²) in [6.07, 6.45) is 0. The van der Waals surface area contributed by atoms with E-state index in [1.807, 2.05) is 32.0 Å². The van der Waals surface area contributed by atoms with Gasteiger partial charge in [0.05, 0.1) is 6.61 Å². The van der Waals surface area contributed by atoms with Gasteiger partial charge in [0.25, 0.3) is 5.91 Å². The molecule has 1 amide bonds. The number of likely N-dealkylation sites (N-methyl/N-ethyl adjacent to an activating group) is 1. The van der Waals surface area contributed by atoms with Crippen molar-refractivity contribution in [1.29, 1.82) is 0 Å². The third kappa shape index (κ3) is 4.80. The molecule has 144 valence electrons. The maximum Gasteiger partial charge on any atom is 0.255 e. The second-order valence-corrected chi connectivity index (χ2v) is 6.83. The Morgan fingerprint density at radius 3 is 2.33 bits per heavy atom. The van der Waals surface area contributed by atoms with Gasteiger partial charge in [-0.3, -0.25) is 4.79 Å². The van der Waals surface area contributed by atoms with Gasteiger partial charge in [0, 0.05) is 43.1 Å². The van der Waals surface area contributed by atoms with Crippen LogP contribution in [0.4, 0.5) is 11.4 Å². The number of anilines is 2. The van der Waals surface area contributed by atoms with Gasteiger partial charge in [0.2, 0.25) is 0 Å². The fraction of sp³-hybridized carbons (Fsp3) is 0.409. The van der Waals surface area contributed by atoms with Gasteiger partial charge in [0.15, 0.2) is 0 Å². The predicted octanol–water partition coefficient (Wildman–Crippen LogP) is 3.79. The highest BCUT2D eigenvalue weighted by molar-refractivity contribution is 6.04. The Hall–Kier alpha value is -2.53. The molecule has 0 atom stereocenters. The second kappa shape index (κ2) is 8.91. The molecule has 1 aliphatic rings. The van der Waals surface area contributed by atoms with Crippen LogP contribution in [0, 0.1) is 6.92 Å². The lowest BCUT2D eigenvalue weighted by Gasteiger charge is -2.35. The molecular weight excluding hydrogens is 338 g/mol. The van der Waals surface area contributed by atoms with Crippen molar-refractivity contribution in [1.82, 2.24) is 4.90 Å². The zero-order valence-electron chi connectivity index (χ0n) is 16.5. The van der Waals surface area contributed by atoms with E-state index in [0.29, 0.717) is 12.2 Å². The van der Waals surface area contributed by atoms with E-state index in [2.05, 4.69) is 34.2 Å². The summed E-state index contributed by atoms with van der Waals surface area (Å²) in [7, 11) is 0. The van der Waals surface area contributed by atoms with Crippen LogP contribution in [0.5, 0.6) is 5.75 Å². The molecule has 1 aliphatic heterocycles. The summed E-state index contributed by atoms with van der Waals surface area (Å²) in [6, 6.07) is 13.5. The zero-order chi connectivity index (χ0) is 19.2. The number of nitrogens with one attached hydrogen (secondary N) is 1. The number of carbonyl (C=O) groups excluding carboxylic acids is 1. The Bertz CT molecular complexity index is 766. The van der Waals surface area contributed by atoms with Crippen molar-refractivity contribution in [2.24, 2.45) is 0 Å². The summed E-state index contributed by atoms with van der Waals surface area (Å²) in [5.74, 6) is 0.670. The maximum absolute atomic E-state index is 12.5. The van der Waals surface area contributed by atoms with E-state index in [4.69, 9.17) is 4.74 Å². The first kappa shape index (κ1) is 19.2. The number of ether oxygens (including phenoxy) is 1. The summed E-state index contributed by atoms with van der Waals surface area (Å²) >= 11 is 0. The minimum absolute atomic E-state index is 0.106. The minimum atomic E-state index is -0.106. The first-order chi connectivity index (χ1) is 13.1. The average Bonchev–Trinajstić information content (AvgIpc) is 2.70. The third-order valence-corrected chi connectivity index (χ3v) is 5.07. The summed E-state index contributed by atoms with van der Waals surface area (Å²) in [6.45, 7) is 12.2. The van der Waals surface area contributed by atoms with Gasteiger partial charge in [-0.05, 0) is 68.4 Å². The molecule has 1 heterocycles. The van der Waals surface area contributed by atoms with Crippen LogP contribution in [0.2, 0.25) is 0 Å². The molecule has 1 N–H and O–H groups in total. The minimum Gasteiger partial charge on any atom is -0.494 e. The van der Waals surface area contributed by atoms with Gasteiger partial charge in [-0.15, -0.1) is 0 Å². The number of nitrogens with zero attached hydrogens (tertiary/aromatic N) is 2. The highest BCUT2D eigenvalue weighted by atomic mass is 16.5. The van der Waals surface area contributed by atoms with Gasteiger partial charge >= 0.3 is 0 Å². The topological polar surface area (TPSA) is 44.8 Å². The zero-order valence-corrected chi connectivity index (χ0v) is 16.5. The number of piperazine rings is 1. The van der Waals surface area contributed by atoms with Crippen LogP contribution in [-0.2, 0) is 0 Å². The Morgan fingerprint density at radius 1 is 1.04 bits per heavy atom. The summed E-state index contributed by atoms with van der Waals surface area (Å²) in [5.41, 5.74) is 3.77. The monoisotopic (exact) mass is 367 g/mol. The smallest absolute Gasteiger partial charge is 0.255 e. The van der Waals surface area contributed by atoms with Gasteiger partial charge in [-0.1, -0.05) is 6.92 Å². The van der Waals surface area contributed by atoms with Crippen LogP contribution in [0.1, 0.15) is 29.8 Å². The molecule has 0 aromatic heterocycles. The quantitative estimate of drug-likeness (QED) is 0.844. The SMILES string of the molecule is CCOc1ccc(C(=O)Nc2ccc(N3CCN(CC)CC3)cc2C)cc1. The van der Waals surface area contributed by atoms with Crippen molar-refractivity contribution in [3.05, 3.63) is 53.6 Å². The molecule has 2 aromatic carbocycles. The molecule has 0 unspecified atom stereocenters. The number of hydrogen-bond acceptors (Lipinski definition) is 4. The summed E-state index contributed by atoms with van der Waals surface area (Å²) in [5, 5.41) is 3.02. The van der Waals surface area contributed by atoms with E-state index < -0.39 is 0 Å². The molecule has 0 aliphatic carbocycles. The molecule has 0 saturated carbocycles. The molecule has 5 nitrogen and oxygen atoms in total. The molecule has 2 aromatic rings. The largest absolute Gasteiger partial charge is 0.494 e. The van der Waals surface area contributed by atoms with Crippen LogP contribution in [-0.4, -0.2) is 50.1 Å². The standard InChI is InChI=1S/C22H29N3O2/c1-4-24-12-14-25(15-13-24)19-8-11-21(17(3)16-19)23-22(26)18-6-9-20(10-7-18)27-5-2/h6-11,16H,4-5,12-15H2,1-3H3,(H,23,26). The molecule has 1 saturated heterocycles. The molecule has 0 radical (unpaired) electrons. The lowest BCUT2D eigenvalue weighted by molar-refractivity contribution is 0.102. The number of benzene rings is 2. The Balaban J connectivity index is 1.64. The van der Waals surface area contributed by atoms with Gasteiger partial charge in [0.1, 0.15) is 5.75 Å². The molecular formula is C22H29N3O2. The lowest BCUT2D eigenvalue weighted by Crippen LogP contribution is -2.46. The molecule has 5 heteroatoms. The number of amides is 1. The van der Waals surface area contributed by atoms with Crippen molar-refractivity contribution in [2.45, 2.75) is 20.8 Å². The van der Waals surface area contributed by atoms with Crippen molar-refractivity contribution < 1.29 is 9.53 Å². The van der Waals surface area contributed by atoms with E-state index in [1.165, 1.54) is 5.69 Å². The van der Waals surface area contributed by atoms with Crippen molar-refractivity contribution in [3.63, 3.8) is 0 Å². The first-order valence-corrected chi connectivity index (χ1v) is 9.73. The predicted molar refractivity (Wildman–Crippen MR) is 111 cm³/mol. The van der Waals surface area contributed by atoms with Gasteiger partial charge in [-0.25, -0.2) is 0 Å². The fourth-order valence-electron chi connectivity index (χ4n) is 3.37. The van der Waals surface area contributed by atoms with E-state index in [0.717, 1.165) is 49.7 Å². The van der Waals surface area contributed by atoms with Crippen LogP contribution in [0.15, 0.2) is 42.5 Å². The highest BCUT2D eigenvalue weighted by Gasteiger charge is 2.16. The highest BCUT2D eigenvalue weighted by Crippen LogP contribution is 2.24. The summed E-state index contributed by atoms with van der Waals surface area (Å²) < 4.78 is 5.42. The molecule has 0 spiro atoms. The molecule has 1 fully saturated rings. The third-order valence-electron chi connectivity index (χ3n) is 5.07. The molecule has 3 rings (SSSR count). The van der Waals surface area contributed by atoms with Gasteiger partial charge < -0.3 is 19.9 Å². The fourth-order valence-corrected chi connectivity index (χ4v) is 3.37. The Kier molecular flexibility index (Phi) is 6.35. The summed E-state index contributed by atoms with van der Waals surface area (Å²) in [4.78, 5) is 17.4. The Morgan fingerprint density at radius 2 is 1.74 bits per heavy atom. The lowest BCUT2D eigenvalue weighted by atomic mass is 10.1. The van der Waals surface area contributed by atoms with Crippen molar-refractivity contribution >= 4 is 17.3 Å². The van der Waals surface area contributed by atoms with Crippen LogP contribution in [0.3, 0.4) is 0 Å². The number of aryl methyl sites for hydroxylation is 1. The van der Waals surface area contributed by atoms with E-state index >= 15 is 0 Å². The first-order valence-electron chi connectivity index (χ1n) is 9.73. The average molecular weight is 367 g/mol. The van der Waals surface area contributed by atoms with E-state index in [1.54, 1.807) is 12.1 Å². The van der Waals surface area contributed by atoms with Crippen LogP contribution in [0.25, 0.3) is 0 Å². The van der Waals surface area contributed by atoms with Crippen LogP contribution < -0.4 is 15.0 Å². The normalized spacial score (nSPS) is 14.9. The number of rotatable bonds is 6. The van der Waals surface area contributed by atoms with E-state index in [9.17, 15) is 4.79 Å². The van der Waals surface area contributed by atoms with Crippen LogP contribution >= 0.6 is 0 Å². The molecule has 0 bridgehead atoms. The number of carbonyl (C=O) groups is 1. The Labute approximate surface area is 161 Å². The second-order valence-electron chi connectivity index (χ2n) is 6.83. The van der Waals surface area contributed by atoms with Gasteiger partial charge in [-0.2, -0.15) is 0 Å². The maximum atomic E-state index is 12.5.